The number of nitrogens with one attached hydrogen (secondary N) is 1. The lowest BCUT2D eigenvalue weighted by atomic mass is 9.91. The number of nitrogens with two attached hydrogens (primary N) is 1. The minimum atomic E-state index is 0.609. The van der Waals surface area contributed by atoms with Crippen molar-refractivity contribution in [2.45, 2.75) is 44.2 Å². The first kappa shape index (κ1) is 12.9. The number of rotatable bonds is 2. The maximum Gasteiger partial charge on any atom is 0.0351 e. The lowest BCUT2D eigenvalue weighted by molar-refractivity contribution is 0.0760. The van der Waals surface area contributed by atoms with Crippen LogP contribution in [0.4, 0.5) is 5.69 Å². The van der Waals surface area contributed by atoms with Crippen LogP contribution in [0.1, 0.15) is 43.7 Å². The summed E-state index contributed by atoms with van der Waals surface area (Å²) in [6.07, 6.45) is 6.61. The van der Waals surface area contributed by atoms with Gasteiger partial charge >= 0.3 is 0 Å². The van der Waals surface area contributed by atoms with Gasteiger partial charge in [-0.3, -0.25) is 4.90 Å². The second-order valence-electron chi connectivity index (χ2n) is 5.90. The molecule has 104 valence electrons. The van der Waals surface area contributed by atoms with Crippen molar-refractivity contribution in [3.8, 4) is 0 Å². The summed E-state index contributed by atoms with van der Waals surface area (Å²) in [5.41, 5.74) is 8.13. The first-order chi connectivity index (χ1) is 9.34. The first-order valence-electron chi connectivity index (χ1n) is 7.66. The maximum absolute atomic E-state index is 5.81. The Bertz CT molecular complexity index is 395. The molecule has 1 aromatic carbocycles. The quantitative estimate of drug-likeness (QED) is 0.802. The van der Waals surface area contributed by atoms with Gasteiger partial charge in [-0.1, -0.05) is 18.6 Å². The Balaban J connectivity index is 1.78. The van der Waals surface area contributed by atoms with E-state index in [2.05, 4.69) is 22.3 Å². The van der Waals surface area contributed by atoms with Crippen LogP contribution in [-0.2, 0) is 0 Å². The van der Waals surface area contributed by atoms with E-state index in [0.29, 0.717) is 6.04 Å². The Morgan fingerprint density at radius 1 is 1.00 bits per heavy atom. The van der Waals surface area contributed by atoms with Gasteiger partial charge < -0.3 is 11.1 Å². The molecule has 1 unspecified atom stereocenters. The van der Waals surface area contributed by atoms with E-state index >= 15 is 0 Å². The average molecular weight is 259 g/mol. The van der Waals surface area contributed by atoms with Gasteiger partial charge in [0.05, 0.1) is 0 Å². The molecule has 2 saturated heterocycles. The summed E-state index contributed by atoms with van der Waals surface area (Å²) in [5, 5.41) is 3.47. The molecule has 3 N–H and O–H groups in total. The molecule has 2 aliphatic rings. The zero-order chi connectivity index (χ0) is 13.1. The standard InChI is InChI=1S/C16H25N3/c17-14-6-4-13(5-7-14)16-3-1-2-12-19(16)15-8-10-18-11-9-15/h4-7,15-16,18H,1-3,8-12,17H2. The van der Waals surface area contributed by atoms with Crippen molar-refractivity contribution in [3.05, 3.63) is 29.8 Å². The second kappa shape index (κ2) is 5.93. The Labute approximate surface area is 116 Å². The Morgan fingerprint density at radius 3 is 2.47 bits per heavy atom. The number of nitrogen functional groups attached to an aromatic ring is 1. The summed E-state index contributed by atoms with van der Waals surface area (Å²) < 4.78 is 0. The van der Waals surface area contributed by atoms with Gasteiger partial charge in [0.15, 0.2) is 0 Å². The highest BCUT2D eigenvalue weighted by Gasteiger charge is 2.30. The fourth-order valence-corrected chi connectivity index (χ4v) is 3.61. The van der Waals surface area contributed by atoms with Crippen LogP contribution in [0.2, 0.25) is 0 Å². The Morgan fingerprint density at radius 2 is 1.74 bits per heavy atom. The van der Waals surface area contributed by atoms with Gasteiger partial charge in [0.25, 0.3) is 0 Å². The number of nitrogens with zero attached hydrogens (tertiary/aromatic N) is 1. The lowest BCUT2D eigenvalue weighted by Gasteiger charge is -2.43. The molecule has 19 heavy (non-hydrogen) atoms. The molecular weight excluding hydrogens is 234 g/mol. The number of likely N-dealkylation sites (tertiary alicyclic amines) is 1. The van der Waals surface area contributed by atoms with Gasteiger partial charge in [0.1, 0.15) is 0 Å². The predicted octanol–water partition coefficient (Wildman–Crippen LogP) is 2.55. The van der Waals surface area contributed by atoms with Gasteiger partial charge in [0, 0.05) is 17.8 Å². The molecule has 1 aromatic rings. The van der Waals surface area contributed by atoms with Crippen LogP contribution in [0, 0.1) is 0 Å². The first-order valence-corrected chi connectivity index (χ1v) is 7.66. The smallest absolute Gasteiger partial charge is 0.0351 e. The van der Waals surface area contributed by atoms with Gasteiger partial charge in [-0.25, -0.2) is 0 Å². The molecule has 0 spiro atoms. The van der Waals surface area contributed by atoms with Crippen LogP contribution >= 0.6 is 0 Å². The van der Waals surface area contributed by atoms with E-state index in [1.165, 1.54) is 57.3 Å². The number of hydrogen-bond acceptors (Lipinski definition) is 3. The highest BCUT2D eigenvalue weighted by molar-refractivity contribution is 5.40. The molecular formula is C16H25N3. The van der Waals surface area contributed by atoms with E-state index in [4.69, 9.17) is 5.73 Å². The highest BCUT2D eigenvalue weighted by atomic mass is 15.2. The molecule has 3 heteroatoms. The van der Waals surface area contributed by atoms with Crippen LogP contribution < -0.4 is 11.1 Å². The van der Waals surface area contributed by atoms with Crippen LogP contribution in [0.5, 0.6) is 0 Å². The fraction of sp³-hybridized carbons (Fsp3) is 0.625. The summed E-state index contributed by atoms with van der Waals surface area (Å²) in [7, 11) is 0. The molecule has 0 aromatic heterocycles. The van der Waals surface area contributed by atoms with Crippen molar-refractivity contribution in [1.82, 2.24) is 10.2 Å². The van der Waals surface area contributed by atoms with E-state index in [1.807, 2.05) is 12.1 Å². The Hall–Kier alpha value is -1.06. The molecule has 0 aliphatic carbocycles. The second-order valence-corrected chi connectivity index (χ2v) is 5.90. The molecule has 2 fully saturated rings. The van der Waals surface area contributed by atoms with Crippen molar-refractivity contribution < 1.29 is 0 Å². The summed E-state index contributed by atoms with van der Waals surface area (Å²) in [6, 6.07) is 9.91. The maximum atomic E-state index is 5.81. The van der Waals surface area contributed by atoms with Crippen LogP contribution in [-0.4, -0.2) is 30.6 Å². The van der Waals surface area contributed by atoms with Crippen molar-refractivity contribution in [2.75, 3.05) is 25.4 Å². The lowest BCUT2D eigenvalue weighted by Crippen LogP contribution is -2.46. The number of anilines is 1. The summed E-state index contributed by atoms with van der Waals surface area (Å²) in [4.78, 5) is 2.76. The zero-order valence-corrected chi connectivity index (χ0v) is 11.6. The third kappa shape index (κ3) is 2.93. The molecule has 1 atom stereocenters. The van der Waals surface area contributed by atoms with Crippen LogP contribution in [0.25, 0.3) is 0 Å². The minimum Gasteiger partial charge on any atom is -0.399 e. The fourth-order valence-electron chi connectivity index (χ4n) is 3.61. The number of piperidine rings is 2. The molecule has 2 heterocycles. The largest absolute Gasteiger partial charge is 0.399 e. The molecule has 0 saturated carbocycles. The van der Waals surface area contributed by atoms with Crippen molar-refractivity contribution in [2.24, 2.45) is 0 Å². The van der Waals surface area contributed by atoms with Crippen LogP contribution in [0.15, 0.2) is 24.3 Å². The van der Waals surface area contributed by atoms with E-state index in [9.17, 15) is 0 Å². The van der Waals surface area contributed by atoms with Crippen molar-refractivity contribution >= 4 is 5.69 Å². The molecule has 0 bridgehead atoms. The van der Waals surface area contributed by atoms with Gasteiger partial charge in [0.2, 0.25) is 0 Å². The van der Waals surface area contributed by atoms with E-state index in [1.54, 1.807) is 0 Å². The minimum absolute atomic E-state index is 0.609. The molecule has 0 amide bonds. The van der Waals surface area contributed by atoms with Gasteiger partial charge in [-0.15, -0.1) is 0 Å². The molecule has 0 radical (unpaired) electrons. The third-order valence-electron chi connectivity index (χ3n) is 4.64. The van der Waals surface area contributed by atoms with Crippen LogP contribution in [0.3, 0.4) is 0 Å². The van der Waals surface area contributed by atoms with Crippen molar-refractivity contribution in [3.63, 3.8) is 0 Å². The third-order valence-corrected chi connectivity index (χ3v) is 4.64. The highest BCUT2D eigenvalue weighted by Crippen LogP contribution is 2.34. The zero-order valence-electron chi connectivity index (χ0n) is 11.6. The van der Waals surface area contributed by atoms with Gasteiger partial charge in [-0.2, -0.15) is 0 Å². The monoisotopic (exact) mass is 259 g/mol. The Kier molecular flexibility index (Phi) is 4.04. The van der Waals surface area contributed by atoms with E-state index in [-0.39, 0.29) is 0 Å². The SMILES string of the molecule is Nc1ccc(C2CCCCN2C2CCNCC2)cc1. The normalized spacial score (nSPS) is 26.4. The molecule has 3 rings (SSSR count). The number of benzene rings is 1. The van der Waals surface area contributed by atoms with Crippen molar-refractivity contribution in [1.29, 1.82) is 0 Å². The summed E-state index contributed by atoms with van der Waals surface area (Å²) >= 11 is 0. The molecule has 2 aliphatic heterocycles. The predicted molar refractivity (Wildman–Crippen MR) is 80.0 cm³/mol. The van der Waals surface area contributed by atoms with E-state index in [0.717, 1.165) is 11.7 Å². The summed E-state index contributed by atoms with van der Waals surface area (Å²) in [6.45, 7) is 3.62. The molecule has 3 nitrogen and oxygen atoms in total. The number of hydrogen-bond donors (Lipinski definition) is 2. The average Bonchev–Trinajstić information content (AvgIpc) is 2.49. The van der Waals surface area contributed by atoms with E-state index < -0.39 is 0 Å². The topological polar surface area (TPSA) is 41.3 Å². The summed E-state index contributed by atoms with van der Waals surface area (Å²) in [5.74, 6) is 0. The van der Waals surface area contributed by atoms with Gasteiger partial charge in [-0.05, 0) is 63.0 Å².